The maximum Gasteiger partial charge on any atom is 0.187 e. The summed E-state index contributed by atoms with van der Waals surface area (Å²) >= 11 is 0. The number of aliphatic hydroxyl groups is 7. The van der Waals surface area contributed by atoms with Crippen molar-refractivity contribution in [3.05, 3.63) is 179 Å². The number of aliphatic hydroxyl groups excluding tert-OH is 7. The van der Waals surface area contributed by atoms with Crippen molar-refractivity contribution in [3.8, 4) is 0 Å². The Labute approximate surface area is 477 Å². The number of ether oxygens (including phenoxy) is 13. The molecule has 446 valence electrons. The van der Waals surface area contributed by atoms with E-state index in [1.54, 1.807) is 13.8 Å². The van der Waals surface area contributed by atoms with Crippen LogP contribution in [0.2, 0.25) is 0 Å². The molecular weight excluding hydrogens is 1060 g/mol. The number of hydrogen-bond acceptors (Lipinski definition) is 20. The summed E-state index contributed by atoms with van der Waals surface area (Å²) in [6.45, 7) is 3.31. The summed E-state index contributed by atoms with van der Waals surface area (Å²) in [5.74, 6) is 0. The largest absolute Gasteiger partial charge is 0.388 e. The average molecular weight is 1140 g/mol. The van der Waals surface area contributed by atoms with E-state index in [1.165, 1.54) is 7.11 Å². The molecule has 21 atom stereocenters. The van der Waals surface area contributed by atoms with Gasteiger partial charge in [0, 0.05) is 13.7 Å². The first kappa shape index (κ1) is 61.8. The molecule has 82 heavy (non-hydrogen) atoms. The molecule has 0 radical (unpaired) electrons. The number of methoxy groups -OCH3 is 1. The lowest BCUT2D eigenvalue weighted by atomic mass is 9.93. The van der Waals surface area contributed by atoms with E-state index < -0.39 is 129 Å². The molecule has 9 rings (SSSR count). The van der Waals surface area contributed by atoms with Crippen molar-refractivity contribution in [2.75, 3.05) is 20.3 Å². The van der Waals surface area contributed by atoms with Crippen LogP contribution in [0, 0.1) is 0 Å². The number of benzene rings is 5. The van der Waals surface area contributed by atoms with E-state index in [0.717, 1.165) is 22.3 Å². The fraction of sp³-hybridized carbons (Fsp3) is 0.516. The van der Waals surface area contributed by atoms with Crippen molar-refractivity contribution in [1.82, 2.24) is 0 Å². The Bertz CT molecular complexity index is 2580. The van der Waals surface area contributed by atoms with Gasteiger partial charge in [0.15, 0.2) is 25.2 Å². The van der Waals surface area contributed by atoms with Crippen LogP contribution in [0.15, 0.2) is 152 Å². The molecule has 0 bridgehead atoms. The summed E-state index contributed by atoms with van der Waals surface area (Å²) in [6.07, 6.45) is -29.8. The van der Waals surface area contributed by atoms with Gasteiger partial charge in [0.2, 0.25) is 0 Å². The van der Waals surface area contributed by atoms with Gasteiger partial charge in [-0.15, -0.1) is 0 Å². The molecule has 0 saturated carbocycles. The summed E-state index contributed by atoms with van der Waals surface area (Å²) in [6, 6.07) is 46.5. The Morgan fingerprint density at radius 2 is 0.780 bits per heavy atom. The zero-order valence-electron chi connectivity index (χ0n) is 46.2. The molecule has 4 aliphatic rings. The molecule has 5 aromatic carbocycles. The summed E-state index contributed by atoms with van der Waals surface area (Å²) < 4.78 is 82.8. The lowest BCUT2D eigenvalue weighted by molar-refractivity contribution is -0.398. The van der Waals surface area contributed by atoms with E-state index in [1.807, 2.05) is 152 Å². The molecule has 0 aliphatic carbocycles. The molecular formula is C62H78O20. The first-order chi connectivity index (χ1) is 39.9. The molecule has 20 nitrogen and oxygen atoms in total. The Morgan fingerprint density at radius 3 is 1.29 bits per heavy atom. The van der Waals surface area contributed by atoms with Crippen molar-refractivity contribution >= 4 is 0 Å². The molecule has 0 amide bonds. The van der Waals surface area contributed by atoms with Gasteiger partial charge >= 0.3 is 0 Å². The molecule has 0 aromatic heterocycles. The minimum atomic E-state index is -1.77. The van der Waals surface area contributed by atoms with Crippen LogP contribution in [0.5, 0.6) is 0 Å². The summed E-state index contributed by atoms with van der Waals surface area (Å²) in [5.41, 5.74) is 3.99. The highest BCUT2D eigenvalue weighted by Crippen LogP contribution is 2.38. The fourth-order valence-electron chi connectivity index (χ4n) is 10.6. The zero-order chi connectivity index (χ0) is 57.5. The van der Waals surface area contributed by atoms with Crippen LogP contribution in [0.4, 0.5) is 0 Å². The average Bonchev–Trinajstić information content (AvgIpc) is 3.61. The Kier molecular flexibility index (Phi) is 22.9. The molecule has 4 aliphatic heterocycles. The predicted molar refractivity (Wildman–Crippen MR) is 292 cm³/mol. The third kappa shape index (κ3) is 16.0. The highest BCUT2D eigenvalue weighted by atomic mass is 16.8. The topological polar surface area (TPSA) is 262 Å². The van der Waals surface area contributed by atoms with Crippen LogP contribution in [0.25, 0.3) is 0 Å². The second-order valence-corrected chi connectivity index (χ2v) is 21.1. The lowest BCUT2D eigenvalue weighted by Crippen LogP contribution is -2.68. The van der Waals surface area contributed by atoms with Crippen molar-refractivity contribution in [2.45, 2.75) is 182 Å². The van der Waals surface area contributed by atoms with Crippen LogP contribution < -0.4 is 0 Å². The second kappa shape index (κ2) is 30.4. The molecule has 0 unspecified atom stereocenters. The summed E-state index contributed by atoms with van der Waals surface area (Å²) in [5, 5.41) is 83.7. The Morgan fingerprint density at radius 1 is 0.390 bits per heavy atom. The van der Waals surface area contributed by atoms with Crippen LogP contribution in [-0.4, -0.2) is 185 Å². The molecule has 4 heterocycles. The van der Waals surface area contributed by atoms with Gasteiger partial charge in [0.25, 0.3) is 0 Å². The SMILES string of the molecule is CO[C@@H]1O[C@@H](C)[C@H](O[C@@H]2O[C@H](CCOCc3ccccc3)[C@@H](O)[C@H](O[C@@H]3O[C@H]([C@H](O)COCc4ccccc4)[C@@H](O)[C@H](O[C@@H]4O[C@@H](C)[C@H](OCc5ccccc5)[C@@H](O)[C@H]4O)[C@@H]3OCc3ccccc3)[C@@H]2OCc2ccccc2)[C@@H](O)[C@H]1O. The minimum Gasteiger partial charge on any atom is -0.388 e. The molecule has 0 spiro atoms. The van der Waals surface area contributed by atoms with Crippen LogP contribution >= 0.6 is 0 Å². The normalized spacial score (nSPS) is 34.6. The fourth-order valence-corrected chi connectivity index (χ4v) is 10.6. The highest BCUT2D eigenvalue weighted by molar-refractivity contribution is 5.17. The minimum absolute atomic E-state index is 0.0721. The lowest BCUT2D eigenvalue weighted by Gasteiger charge is -2.51. The van der Waals surface area contributed by atoms with Gasteiger partial charge in [-0.25, -0.2) is 0 Å². The van der Waals surface area contributed by atoms with E-state index >= 15 is 0 Å². The maximum absolute atomic E-state index is 12.8. The maximum atomic E-state index is 12.8. The van der Waals surface area contributed by atoms with Crippen LogP contribution in [0.1, 0.15) is 48.1 Å². The van der Waals surface area contributed by atoms with Gasteiger partial charge in [-0.2, -0.15) is 0 Å². The van der Waals surface area contributed by atoms with Gasteiger partial charge in [-0.3, -0.25) is 0 Å². The zero-order valence-corrected chi connectivity index (χ0v) is 46.2. The third-order valence-corrected chi connectivity index (χ3v) is 15.1. The smallest absolute Gasteiger partial charge is 0.187 e. The van der Waals surface area contributed by atoms with E-state index in [9.17, 15) is 35.7 Å². The van der Waals surface area contributed by atoms with Gasteiger partial charge in [0.05, 0.1) is 58.0 Å². The van der Waals surface area contributed by atoms with E-state index in [4.69, 9.17) is 61.6 Å². The van der Waals surface area contributed by atoms with Crippen LogP contribution in [0.3, 0.4) is 0 Å². The first-order valence-electron chi connectivity index (χ1n) is 27.9. The van der Waals surface area contributed by atoms with Gasteiger partial charge in [-0.1, -0.05) is 152 Å². The molecule has 4 fully saturated rings. The molecule has 4 saturated heterocycles. The molecule has 7 N–H and O–H groups in total. The van der Waals surface area contributed by atoms with E-state index in [-0.39, 0.29) is 52.7 Å². The van der Waals surface area contributed by atoms with Crippen molar-refractivity contribution < 1.29 is 97.3 Å². The van der Waals surface area contributed by atoms with Crippen molar-refractivity contribution in [1.29, 1.82) is 0 Å². The van der Waals surface area contributed by atoms with Gasteiger partial charge in [-0.05, 0) is 48.1 Å². The Balaban J connectivity index is 1.07. The standard InChI is InChI=1S/C62H78O20/c1-37-52(73-33-41-23-13-6-14-24-41)47(65)50(68)60(77-37)81-56-51(69)54(44(63)36-72-32-40-21-11-5-12-22-40)80-62(58(56)75-35-43-27-17-8-18-28-43)82-55-46(64)45(29-30-71-31-39-19-9-4-10-20-39)78-61(57(55)74-34-42-25-15-7-16-26-42)79-53-38(2)76-59(70-3)49(67)48(53)66/h4-28,37-38,44-69H,29-36H2,1-3H3/t37-,38-,44+,45+,46+,47-,48-,49+,50+,51+,52-,53-,54+,55-,56-,57-,58-,59+,60-,61-,62-/m0/s1. The van der Waals surface area contributed by atoms with E-state index in [0.29, 0.717) is 5.56 Å². The van der Waals surface area contributed by atoms with Gasteiger partial charge in [0.1, 0.15) is 85.5 Å². The van der Waals surface area contributed by atoms with Gasteiger partial charge < -0.3 is 97.3 Å². The molecule has 20 heteroatoms. The molecule has 5 aromatic rings. The third-order valence-electron chi connectivity index (χ3n) is 15.1. The summed E-state index contributed by atoms with van der Waals surface area (Å²) in [4.78, 5) is 0. The number of hydrogen-bond donors (Lipinski definition) is 7. The van der Waals surface area contributed by atoms with Crippen molar-refractivity contribution in [2.24, 2.45) is 0 Å². The quantitative estimate of drug-likeness (QED) is 0.0388. The van der Waals surface area contributed by atoms with Crippen LogP contribution in [-0.2, 0) is 94.6 Å². The van der Waals surface area contributed by atoms with Crippen molar-refractivity contribution in [3.63, 3.8) is 0 Å². The number of rotatable bonds is 26. The monoisotopic (exact) mass is 1140 g/mol. The summed E-state index contributed by atoms with van der Waals surface area (Å²) in [7, 11) is 1.34. The highest BCUT2D eigenvalue weighted by Gasteiger charge is 2.57. The predicted octanol–water partition coefficient (Wildman–Crippen LogP) is 3.83. The Hall–Kier alpha value is -4.70. The second-order valence-electron chi connectivity index (χ2n) is 21.1. The van der Waals surface area contributed by atoms with E-state index in [2.05, 4.69) is 0 Å². The first-order valence-corrected chi connectivity index (χ1v) is 27.9.